The van der Waals surface area contributed by atoms with Gasteiger partial charge in [-0.15, -0.1) is 0 Å². The fraction of sp³-hybridized carbons (Fsp3) is 0.500. The Bertz CT molecular complexity index is 110. The zero-order chi connectivity index (χ0) is 4.41. The van der Waals surface area contributed by atoms with E-state index >= 15 is 0 Å². The molecular formula is C6H14N2. The first-order valence-electron chi connectivity index (χ1n) is 1.85. The molecule has 0 spiro atoms. The number of hydrogen-bond donors (Lipinski definition) is 1. The summed E-state index contributed by atoms with van der Waals surface area (Å²) in [6.07, 6.45) is 3.53. The highest BCUT2D eigenvalue weighted by Gasteiger charge is 1.73. The van der Waals surface area contributed by atoms with Gasteiger partial charge in [0.1, 0.15) is 5.82 Å². The van der Waals surface area contributed by atoms with E-state index in [0.717, 1.165) is 5.82 Å². The van der Waals surface area contributed by atoms with E-state index < -0.39 is 0 Å². The molecule has 1 heterocycles. The molecule has 1 aromatic rings. The molecule has 0 saturated carbocycles. The largest absolute Gasteiger partial charge is 0.349 e. The lowest BCUT2D eigenvalue weighted by Crippen LogP contribution is -1.66. The third-order valence-electron chi connectivity index (χ3n) is 0.635. The van der Waals surface area contributed by atoms with Crippen LogP contribution in [0.15, 0.2) is 12.4 Å². The number of nitrogens with one attached hydrogen (secondary N) is 1. The molecule has 0 fully saturated rings. The maximum absolute atomic E-state index is 3.86. The number of aromatic nitrogens is 2. The van der Waals surface area contributed by atoms with Crippen molar-refractivity contribution >= 4 is 0 Å². The monoisotopic (exact) mass is 114 g/mol. The normalized spacial score (nSPS) is 6.62. The molecule has 1 N–H and O–H groups in total. The van der Waals surface area contributed by atoms with E-state index in [1.54, 1.807) is 12.4 Å². The van der Waals surface area contributed by atoms with E-state index in [4.69, 9.17) is 0 Å². The van der Waals surface area contributed by atoms with Crippen LogP contribution in [0.5, 0.6) is 0 Å². The molecule has 0 amide bonds. The lowest BCUT2D eigenvalue weighted by Gasteiger charge is -1.68. The molecule has 0 unspecified atom stereocenters. The van der Waals surface area contributed by atoms with E-state index in [-0.39, 0.29) is 14.9 Å². The third-order valence-corrected chi connectivity index (χ3v) is 0.635. The summed E-state index contributed by atoms with van der Waals surface area (Å²) in [4.78, 5) is 6.75. The van der Waals surface area contributed by atoms with Gasteiger partial charge in [0.15, 0.2) is 0 Å². The first-order chi connectivity index (χ1) is 2.89. The van der Waals surface area contributed by atoms with Gasteiger partial charge in [0.05, 0.1) is 0 Å². The maximum atomic E-state index is 3.86. The minimum absolute atomic E-state index is 0. The number of hydrogen-bond acceptors (Lipinski definition) is 1. The second kappa shape index (κ2) is 4.37. The Labute approximate surface area is 51.0 Å². The van der Waals surface area contributed by atoms with Crippen molar-refractivity contribution in [3.05, 3.63) is 18.2 Å². The molecule has 48 valence electrons. The van der Waals surface area contributed by atoms with Gasteiger partial charge >= 0.3 is 0 Å². The number of imidazole rings is 1. The van der Waals surface area contributed by atoms with Crippen LogP contribution in [0.25, 0.3) is 0 Å². The predicted molar refractivity (Wildman–Crippen MR) is 36.8 cm³/mol. The molecule has 0 aliphatic rings. The van der Waals surface area contributed by atoms with Gasteiger partial charge in [0, 0.05) is 12.4 Å². The van der Waals surface area contributed by atoms with Crippen LogP contribution in [0.4, 0.5) is 0 Å². The highest BCUT2D eigenvalue weighted by molar-refractivity contribution is 4.80. The Morgan fingerprint density at radius 2 is 2.12 bits per heavy atom. The van der Waals surface area contributed by atoms with Crippen molar-refractivity contribution in [1.82, 2.24) is 9.97 Å². The molecule has 0 radical (unpaired) electrons. The molecule has 0 atom stereocenters. The van der Waals surface area contributed by atoms with Crippen LogP contribution in [0.3, 0.4) is 0 Å². The Balaban J connectivity index is 0. The van der Waals surface area contributed by atoms with Crippen LogP contribution in [0, 0.1) is 6.92 Å². The molecule has 1 rings (SSSR count). The summed E-state index contributed by atoms with van der Waals surface area (Å²) in [6.45, 7) is 1.92. The molecule has 2 heteroatoms. The summed E-state index contributed by atoms with van der Waals surface area (Å²) >= 11 is 0. The fourth-order valence-corrected chi connectivity index (χ4v) is 0.344. The average molecular weight is 114 g/mol. The second-order valence-electron chi connectivity index (χ2n) is 1.17. The van der Waals surface area contributed by atoms with Gasteiger partial charge in [-0.05, 0) is 6.92 Å². The lowest BCUT2D eigenvalue weighted by atomic mass is 10.8. The van der Waals surface area contributed by atoms with Crippen molar-refractivity contribution in [2.45, 2.75) is 21.8 Å². The summed E-state index contributed by atoms with van der Waals surface area (Å²) in [5.41, 5.74) is 0. The van der Waals surface area contributed by atoms with Crippen LogP contribution in [0.2, 0.25) is 0 Å². The standard InChI is InChI=1S/C4H6N2.2CH4/c1-4-5-2-3-6-4;;/h2-3H,1H3,(H,5,6);2*1H4. The Kier molecular flexibility index (Phi) is 5.60. The van der Waals surface area contributed by atoms with Gasteiger partial charge in [0.25, 0.3) is 0 Å². The minimum Gasteiger partial charge on any atom is -0.349 e. The molecule has 8 heavy (non-hydrogen) atoms. The predicted octanol–water partition coefficient (Wildman–Crippen LogP) is 1.99. The van der Waals surface area contributed by atoms with Crippen LogP contribution >= 0.6 is 0 Å². The summed E-state index contributed by atoms with van der Waals surface area (Å²) in [5.74, 6) is 0.968. The number of aryl methyl sites for hydroxylation is 1. The molecule has 0 saturated heterocycles. The van der Waals surface area contributed by atoms with Crippen molar-refractivity contribution in [2.24, 2.45) is 0 Å². The van der Waals surface area contributed by atoms with Crippen molar-refractivity contribution in [1.29, 1.82) is 0 Å². The van der Waals surface area contributed by atoms with Crippen molar-refractivity contribution in [3.8, 4) is 0 Å². The first kappa shape index (κ1) is 10.2. The molecule has 2 nitrogen and oxygen atoms in total. The van der Waals surface area contributed by atoms with Crippen molar-refractivity contribution in [2.75, 3.05) is 0 Å². The smallest absolute Gasteiger partial charge is 0.102 e. The zero-order valence-electron chi connectivity index (χ0n) is 3.60. The van der Waals surface area contributed by atoms with Crippen LogP contribution in [-0.2, 0) is 0 Å². The molecule has 1 aromatic heterocycles. The minimum atomic E-state index is 0. The third kappa shape index (κ3) is 2.39. The van der Waals surface area contributed by atoms with Crippen molar-refractivity contribution < 1.29 is 0 Å². The Hall–Kier alpha value is -0.790. The van der Waals surface area contributed by atoms with Gasteiger partial charge in [-0.1, -0.05) is 14.9 Å². The number of aromatic amines is 1. The molecular weight excluding hydrogens is 100 g/mol. The summed E-state index contributed by atoms with van der Waals surface area (Å²) in [6, 6.07) is 0. The molecule has 0 aliphatic heterocycles. The number of rotatable bonds is 0. The van der Waals surface area contributed by atoms with Gasteiger partial charge < -0.3 is 4.98 Å². The summed E-state index contributed by atoms with van der Waals surface area (Å²) in [5, 5.41) is 0. The average Bonchev–Trinajstić information content (AvgIpc) is 1.86. The molecule has 0 aromatic carbocycles. The van der Waals surface area contributed by atoms with Crippen LogP contribution in [0.1, 0.15) is 20.7 Å². The highest BCUT2D eigenvalue weighted by atomic mass is 14.9. The SMILES string of the molecule is C.C.Cc1ncc[nH]1. The summed E-state index contributed by atoms with van der Waals surface area (Å²) < 4.78 is 0. The Morgan fingerprint density at radius 3 is 2.25 bits per heavy atom. The van der Waals surface area contributed by atoms with Crippen LogP contribution in [-0.4, -0.2) is 9.97 Å². The zero-order valence-corrected chi connectivity index (χ0v) is 3.60. The van der Waals surface area contributed by atoms with Gasteiger partial charge in [-0.3, -0.25) is 0 Å². The van der Waals surface area contributed by atoms with Gasteiger partial charge in [-0.2, -0.15) is 0 Å². The van der Waals surface area contributed by atoms with E-state index in [1.807, 2.05) is 6.92 Å². The quantitative estimate of drug-likeness (QED) is 0.549. The summed E-state index contributed by atoms with van der Waals surface area (Å²) in [7, 11) is 0. The van der Waals surface area contributed by atoms with E-state index in [0.29, 0.717) is 0 Å². The second-order valence-corrected chi connectivity index (χ2v) is 1.17. The lowest BCUT2D eigenvalue weighted by molar-refractivity contribution is 1.15. The van der Waals surface area contributed by atoms with Crippen LogP contribution < -0.4 is 0 Å². The van der Waals surface area contributed by atoms with Gasteiger partial charge in [0.2, 0.25) is 0 Å². The molecule has 0 aliphatic carbocycles. The van der Waals surface area contributed by atoms with Gasteiger partial charge in [-0.25, -0.2) is 4.98 Å². The fourth-order valence-electron chi connectivity index (χ4n) is 0.344. The van der Waals surface area contributed by atoms with Crippen molar-refractivity contribution in [3.63, 3.8) is 0 Å². The first-order valence-corrected chi connectivity index (χ1v) is 1.85. The van der Waals surface area contributed by atoms with E-state index in [9.17, 15) is 0 Å². The van der Waals surface area contributed by atoms with E-state index in [2.05, 4.69) is 9.97 Å². The Morgan fingerprint density at radius 1 is 1.50 bits per heavy atom. The highest BCUT2D eigenvalue weighted by Crippen LogP contribution is 1.78. The maximum Gasteiger partial charge on any atom is 0.102 e. The topological polar surface area (TPSA) is 28.7 Å². The number of nitrogens with zero attached hydrogens (tertiary/aromatic N) is 1. The van der Waals surface area contributed by atoms with E-state index in [1.165, 1.54) is 0 Å². The number of H-pyrrole nitrogens is 1. The molecule has 0 bridgehead atoms.